The van der Waals surface area contributed by atoms with Gasteiger partial charge in [-0.15, -0.1) is 0 Å². The molecule has 0 atom stereocenters. The van der Waals surface area contributed by atoms with E-state index < -0.39 is 0 Å². The highest BCUT2D eigenvalue weighted by Crippen LogP contribution is 2.22. The van der Waals surface area contributed by atoms with Gasteiger partial charge in [0.25, 0.3) is 0 Å². The molecular weight excluding hydrogens is 244 g/mol. The minimum absolute atomic E-state index is 0.0826. The van der Waals surface area contributed by atoms with Gasteiger partial charge in [-0.2, -0.15) is 0 Å². The van der Waals surface area contributed by atoms with Crippen LogP contribution in [0.25, 0.3) is 0 Å². The third-order valence-corrected chi connectivity index (χ3v) is 3.17. The van der Waals surface area contributed by atoms with Gasteiger partial charge in [0, 0.05) is 25.0 Å². The zero-order chi connectivity index (χ0) is 13.5. The zero-order valence-electron chi connectivity index (χ0n) is 11.1. The summed E-state index contributed by atoms with van der Waals surface area (Å²) in [7, 11) is 0. The Labute approximate surface area is 113 Å². The number of nitrogens with zero attached hydrogens (tertiary/aromatic N) is 2. The Morgan fingerprint density at radius 1 is 1.37 bits per heavy atom. The summed E-state index contributed by atoms with van der Waals surface area (Å²) < 4.78 is 5.75. The molecule has 2 rings (SSSR count). The number of carbonyl (C=O) groups excluding carboxylic acids is 1. The Kier molecular flexibility index (Phi) is 4.94. The first-order valence-electron chi connectivity index (χ1n) is 6.75. The fourth-order valence-corrected chi connectivity index (χ4v) is 2.24. The first-order chi connectivity index (χ1) is 9.28. The van der Waals surface area contributed by atoms with Crippen molar-refractivity contribution < 1.29 is 9.53 Å². The Morgan fingerprint density at radius 2 is 2.16 bits per heavy atom. The third kappa shape index (κ3) is 4.39. The second-order valence-electron chi connectivity index (χ2n) is 4.64. The number of nitrogens with one attached hydrogen (secondary N) is 2. The van der Waals surface area contributed by atoms with Crippen molar-refractivity contribution >= 4 is 6.03 Å². The van der Waals surface area contributed by atoms with Crippen LogP contribution in [-0.4, -0.2) is 34.7 Å². The summed E-state index contributed by atoms with van der Waals surface area (Å²) in [5.74, 6) is 0.572. The lowest BCUT2D eigenvalue weighted by Crippen LogP contribution is -2.44. The molecule has 1 heterocycles. The number of hydrogen-bond acceptors (Lipinski definition) is 4. The van der Waals surface area contributed by atoms with E-state index in [4.69, 9.17) is 4.74 Å². The molecule has 0 spiro atoms. The molecule has 0 aromatic carbocycles. The SMILES string of the molecule is CCNC(=O)NC1CCC(Oc2cnccn2)CC1. The monoisotopic (exact) mass is 264 g/mol. The molecule has 1 aliphatic carbocycles. The quantitative estimate of drug-likeness (QED) is 0.863. The van der Waals surface area contributed by atoms with Crippen LogP contribution in [0.1, 0.15) is 32.6 Å². The zero-order valence-corrected chi connectivity index (χ0v) is 11.1. The molecule has 0 aliphatic heterocycles. The second-order valence-corrected chi connectivity index (χ2v) is 4.64. The van der Waals surface area contributed by atoms with Gasteiger partial charge in [0.2, 0.25) is 5.88 Å². The van der Waals surface area contributed by atoms with E-state index >= 15 is 0 Å². The maximum Gasteiger partial charge on any atom is 0.314 e. The topological polar surface area (TPSA) is 76.1 Å². The molecule has 6 nitrogen and oxygen atoms in total. The Hall–Kier alpha value is -1.85. The van der Waals surface area contributed by atoms with Crippen LogP contribution in [0.3, 0.4) is 0 Å². The normalized spacial score (nSPS) is 22.6. The molecule has 1 aliphatic rings. The molecule has 1 aromatic heterocycles. The standard InChI is InChI=1S/C13H20N4O2/c1-2-15-13(18)17-10-3-5-11(6-4-10)19-12-9-14-7-8-16-12/h7-11H,2-6H2,1H3,(H2,15,17,18). The maximum absolute atomic E-state index is 11.4. The van der Waals surface area contributed by atoms with E-state index in [0.29, 0.717) is 12.4 Å². The van der Waals surface area contributed by atoms with E-state index in [-0.39, 0.29) is 18.2 Å². The van der Waals surface area contributed by atoms with Gasteiger partial charge in [0.15, 0.2) is 0 Å². The average Bonchev–Trinajstić information content (AvgIpc) is 2.42. The van der Waals surface area contributed by atoms with Crippen LogP contribution in [0.2, 0.25) is 0 Å². The summed E-state index contributed by atoms with van der Waals surface area (Å²) in [5, 5.41) is 5.71. The highest BCUT2D eigenvalue weighted by atomic mass is 16.5. The molecule has 2 amide bonds. The lowest BCUT2D eigenvalue weighted by molar-refractivity contribution is 0.134. The molecule has 2 N–H and O–H groups in total. The van der Waals surface area contributed by atoms with Crippen LogP contribution in [0.4, 0.5) is 4.79 Å². The largest absolute Gasteiger partial charge is 0.473 e. The van der Waals surface area contributed by atoms with E-state index in [9.17, 15) is 4.79 Å². The van der Waals surface area contributed by atoms with Crippen molar-refractivity contribution in [1.29, 1.82) is 0 Å². The lowest BCUT2D eigenvalue weighted by atomic mass is 9.93. The number of hydrogen-bond donors (Lipinski definition) is 2. The number of urea groups is 1. The summed E-state index contributed by atoms with van der Waals surface area (Å²) in [6.45, 7) is 2.56. The van der Waals surface area contributed by atoms with Gasteiger partial charge in [0.05, 0.1) is 6.20 Å². The van der Waals surface area contributed by atoms with Gasteiger partial charge in [-0.05, 0) is 32.6 Å². The average molecular weight is 264 g/mol. The first kappa shape index (κ1) is 13.6. The fourth-order valence-electron chi connectivity index (χ4n) is 2.24. The van der Waals surface area contributed by atoms with Crippen molar-refractivity contribution in [3.8, 4) is 5.88 Å². The molecule has 104 valence electrons. The second kappa shape index (κ2) is 6.92. The number of aromatic nitrogens is 2. The molecule has 0 saturated heterocycles. The summed E-state index contributed by atoms with van der Waals surface area (Å²) >= 11 is 0. The molecule has 0 unspecified atom stereocenters. The Bertz CT molecular complexity index is 391. The Balaban J connectivity index is 1.72. The van der Waals surface area contributed by atoms with Gasteiger partial charge >= 0.3 is 6.03 Å². The number of rotatable bonds is 4. The summed E-state index contributed by atoms with van der Waals surface area (Å²) in [6.07, 6.45) is 8.76. The van der Waals surface area contributed by atoms with E-state index in [0.717, 1.165) is 25.7 Å². The predicted molar refractivity (Wildman–Crippen MR) is 70.9 cm³/mol. The van der Waals surface area contributed by atoms with Gasteiger partial charge in [-0.25, -0.2) is 9.78 Å². The molecule has 1 fully saturated rings. The summed E-state index contributed by atoms with van der Waals surface area (Å²) in [6, 6.07) is 0.161. The molecular formula is C13H20N4O2. The van der Waals surface area contributed by atoms with E-state index in [1.807, 2.05) is 6.92 Å². The maximum atomic E-state index is 11.4. The predicted octanol–water partition coefficient (Wildman–Crippen LogP) is 1.49. The molecule has 0 radical (unpaired) electrons. The summed E-state index contributed by atoms with van der Waals surface area (Å²) in [4.78, 5) is 19.5. The van der Waals surface area contributed by atoms with Crippen LogP contribution in [0.5, 0.6) is 5.88 Å². The van der Waals surface area contributed by atoms with Crippen LogP contribution < -0.4 is 15.4 Å². The van der Waals surface area contributed by atoms with Crippen LogP contribution in [0, 0.1) is 0 Å². The Morgan fingerprint density at radius 3 is 2.79 bits per heavy atom. The number of ether oxygens (including phenoxy) is 1. The molecule has 19 heavy (non-hydrogen) atoms. The van der Waals surface area contributed by atoms with Gasteiger partial charge in [-0.1, -0.05) is 0 Å². The van der Waals surface area contributed by atoms with Crippen molar-refractivity contribution in [2.24, 2.45) is 0 Å². The van der Waals surface area contributed by atoms with Gasteiger partial charge in [0.1, 0.15) is 6.10 Å². The number of carbonyl (C=O) groups is 1. The van der Waals surface area contributed by atoms with E-state index in [1.54, 1.807) is 18.6 Å². The third-order valence-electron chi connectivity index (χ3n) is 3.17. The smallest absolute Gasteiger partial charge is 0.314 e. The number of amides is 2. The van der Waals surface area contributed by atoms with Gasteiger partial charge < -0.3 is 15.4 Å². The van der Waals surface area contributed by atoms with Crippen LogP contribution in [0.15, 0.2) is 18.6 Å². The fraction of sp³-hybridized carbons (Fsp3) is 0.615. The first-order valence-corrected chi connectivity index (χ1v) is 6.75. The highest BCUT2D eigenvalue weighted by Gasteiger charge is 2.23. The van der Waals surface area contributed by atoms with E-state index in [2.05, 4.69) is 20.6 Å². The van der Waals surface area contributed by atoms with Crippen molar-refractivity contribution in [2.45, 2.75) is 44.8 Å². The van der Waals surface area contributed by atoms with Gasteiger partial charge in [-0.3, -0.25) is 4.98 Å². The molecule has 6 heteroatoms. The minimum atomic E-state index is -0.0826. The van der Waals surface area contributed by atoms with Crippen molar-refractivity contribution in [2.75, 3.05) is 6.54 Å². The molecule has 1 saturated carbocycles. The van der Waals surface area contributed by atoms with Crippen LogP contribution >= 0.6 is 0 Å². The summed E-state index contributed by atoms with van der Waals surface area (Å²) in [5.41, 5.74) is 0. The van der Waals surface area contributed by atoms with Crippen molar-refractivity contribution in [3.63, 3.8) is 0 Å². The highest BCUT2D eigenvalue weighted by molar-refractivity contribution is 5.74. The van der Waals surface area contributed by atoms with Crippen LogP contribution in [-0.2, 0) is 0 Å². The van der Waals surface area contributed by atoms with Crippen molar-refractivity contribution in [3.05, 3.63) is 18.6 Å². The molecule has 0 bridgehead atoms. The minimum Gasteiger partial charge on any atom is -0.473 e. The molecule has 1 aromatic rings. The lowest BCUT2D eigenvalue weighted by Gasteiger charge is -2.29. The van der Waals surface area contributed by atoms with Crippen molar-refractivity contribution in [1.82, 2.24) is 20.6 Å². The van der Waals surface area contributed by atoms with E-state index in [1.165, 1.54) is 0 Å².